The Kier molecular flexibility index (Phi) is 5.26. The lowest BCUT2D eigenvalue weighted by Crippen LogP contribution is -2.51. The zero-order valence-corrected chi connectivity index (χ0v) is 13.9. The van der Waals surface area contributed by atoms with E-state index >= 15 is 0 Å². The maximum Gasteiger partial charge on any atom is 0.326 e. The molecule has 2 N–H and O–H groups in total. The number of benzene rings is 1. The summed E-state index contributed by atoms with van der Waals surface area (Å²) >= 11 is 5.98. The van der Waals surface area contributed by atoms with Gasteiger partial charge in [0.2, 0.25) is 5.91 Å². The number of nitrogens with one attached hydrogen (secondary N) is 1. The number of carbonyl (C=O) groups excluding carboxylic acids is 1. The molecule has 3 unspecified atom stereocenters. The van der Waals surface area contributed by atoms with Crippen LogP contribution in [0.5, 0.6) is 5.75 Å². The van der Waals surface area contributed by atoms with Crippen molar-refractivity contribution in [1.29, 1.82) is 0 Å². The Morgan fingerprint density at radius 3 is 2.88 bits per heavy atom. The molecule has 1 amide bonds. The van der Waals surface area contributed by atoms with Crippen LogP contribution in [-0.4, -0.2) is 42.8 Å². The normalized spacial score (nSPS) is 24.4. The smallest absolute Gasteiger partial charge is 0.326 e. The van der Waals surface area contributed by atoms with Crippen LogP contribution in [-0.2, 0) is 20.7 Å². The average molecular weight is 354 g/mol. The van der Waals surface area contributed by atoms with Crippen molar-refractivity contribution >= 4 is 23.5 Å². The van der Waals surface area contributed by atoms with Gasteiger partial charge in [0, 0.05) is 17.5 Å². The number of halogens is 1. The summed E-state index contributed by atoms with van der Waals surface area (Å²) in [5.74, 6) is -1.25. The number of hydrogen-bond acceptors (Lipinski definition) is 4. The van der Waals surface area contributed by atoms with Crippen LogP contribution in [0.4, 0.5) is 0 Å². The molecule has 0 bridgehead atoms. The van der Waals surface area contributed by atoms with Gasteiger partial charge < -0.3 is 19.9 Å². The molecule has 1 aromatic carbocycles. The predicted octanol–water partition coefficient (Wildman–Crippen LogP) is 1.89. The number of rotatable bonds is 4. The summed E-state index contributed by atoms with van der Waals surface area (Å²) in [5, 5.41) is 12.7. The predicted molar refractivity (Wildman–Crippen MR) is 87.3 cm³/mol. The first-order valence-electron chi connectivity index (χ1n) is 8.06. The molecule has 24 heavy (non-hydrogen) atoms. The molecular formula is C17H20ClNO5. The molecular weight excluding hydrogens is 334 g/mol. The molecule has 0 radical (unpaired) electrons. The van der Waals surface area contributed by atoms with Crippen molar-refractivity contribution < 1.29 is 24.2 Å². The lowest BCUT2D eigenvalue weighted by Gasteiger charge is -2.30. The van der Waals surface area contributed by atoms with E-state index in [1.165, 1.54) is 0 Å². The topological polar surface area (TPSA) is 84.9 Å². The molecule has 2 aliphatic heterocycles. The van der Waals surface area contributed by atoms with E-state index in [0.717, 1.165) is 24.2 Å². The fourth-order valence-corrected chi connectivity index (χ4v) is 3.41. The third-order valence-corrected chi connectivity index (χ3v) is 4.77. The molecule has 2 heterocycles. The highest BCUT2D eigenvalue weighted by molar-refractivity contribution is 6.30. The number of amides is 1. The molecule has 0 aromatic heterocycles. The highest BCUT2D eigenvalue weighted by Gasteiger charge is 2.34. The Hall–Kier alpha value is -1.79. The molecule has 0 saturated carbocycles. The first-order chi connectivity index (χ1) is 11.5. The third-order valence-electron chi connectivity index (χ3n) is 4.53. The zero-order chi connectivity index (χ0) is 17.1. The molecule has 3 atom stereocenters. The van der Waals surface area contributed by atoms with E-state index in [1.807, 2.05) is 0 Å². The lowest BCUT2D eigenvalue weighted by atomic mass is 9.91. The van der Waals surface area contributed by atoms with Crippen molar-refractivity contribution in [2.45, 2.75) is 25.3 Å². The first kappa shape index (κ1) is 17.0. The summed E-state index contributed by atoms with van der Waals surface area (Å²) in [7, 11) is 0. The molecule has 1 aromatic rings. The van der Waals surface area contributed by atoms with Crippen LogP contribution >= 0.6 is 11.6 Å². The van der Waals surface area contributed by atoms with Gasteiger partial charge in [-0.2, -0.15) is 0 Å². The van der Waals surface area contributed by atoms with Crippen molar-refractivity contribution in [2.75, 3.05) is 19.8 Å². The largest absolute Gasteiger partial charge is 0.492 e. The van der Waals surface area contributed by atoms with Gasteiger partial charge in [0.15, 0.2) is 0 Å². The van der Waals surface area contributed by atoms with Gasteiger partial charge in [-0.25, -0.2) is 4.79 Å². The second kappa shape index (κ2) is 7.40. The molecule has 2 aliphatic rings. The minimum Gasteiger partial charge on any atom is -0.492 e. The van der Waals surface area contributed by atoms with Crippen molar-refractivity contribution in [3.63, 3.8) is 0 Å². The standard InChI is InChI=1S/C17H20ClNO5/c18-13-3-4-14-11(7-13)6-12(9-24-14)16(20)19-15(17(21)22)10-2-1-5-23-8-10/h3-4,7,10,12,15H,1-2,5-6,8-9H2,(H,19,20)(H,21,22). The SMILES string of the molecule is O=C(NC(C(=O)O)C1CCCOC1)C1COc2ccc(Cl)cc2C1. The summed E-state index contributed by atoms with van der Waals surface area (Å²) in [4.78, 5) is 24.1. The maximum absolute atomic E-state index is 12.5. The Morgan fingerprint density at radius 1 is 1.33 bits per heavy atom. The van der Waals surface area contributed by atoms with Crippen molar-refractivity contribution in [1.82, 2.24) is 5.32 Å². The summed E-state index contributed by atoms with van der Waals surface area (Å²) in [6.45, 7) is 1.23. The van der Waals surface area contributed by atoms with E-state index in [9.17, 15) is 14.7 Å². The highest BCUT2D eigenvalue weighted by Crippen LogP contribution is 2.30. The summed E-state index contributed by atoms with van der Waals surface area (Å²) in [5.41, 5.74) is 0.863. The van der Waals surface area contributed by atoms with E-state index < -0.39 is 17.9 Å². The van der Waals surface area contributed by atoms with E-state index in [0.29, 0.717) is 24.7 Å². The summed E-state index contributed by atoms with van der Waals surface area (Å²) in [6.07, 6.45) is 2.02. The van der Waals surface area contributed by atoms with Crippen LogP contribution in [0.1, 0.15) is 18.4 Å². The van der Waals surface area contributed by atoms with E-state index in [1.54, 1.807) is 18.2 Å². The van der Waals surface area contributed by atoms with Gasteiger partial charge in [-0.1, -0.05) is 11.6 Å². The minimum absolute atomic E-state index is 0.202. The Labute approximate surface area is 145 Å². The first-order valence-corrected chi connectivity index (χ1v) is 8.44. The van der Waals surface area contributed by atoms with E-state index in [2.05, 4.69) is 5.32 Å². The molecule has 3 rings (SSSR count). The van der Waals surface area contributed by atoms with Crippen molar-refractivity contribution in [3.8, 4) is 5.75 Å². The van der Waals surface area contributed by atoms with E-state index in [-0.39, 0.29) is 18.4 Å². The van der Waals surface area contributed by atoms with Crippen LogP contribution < -0.4 is 10.1 Å². The minimum atomic E-state index is -1.03. The van der Waals surface area contributed by atoms with Crippen LogP contribution in [0, 0.1) is 11.8 Å². The number of carboxylic acid groups (broad SMARTS) is 1. The van der Waals surface area contributed by atoms with Gasteiger partial charge in [-0.3, -0.25) is 4.79 Å². The van der Waals surface area contributed by atoms with Crippen molar-refractivity contribution in [3.05, 3.63) is 28.8 Å². The molecule has 130 valence electrons. The number of ether oxygens (including phenoxy) is 2. The Bertz CT molecular complexity index is 629. The Balaban J connectivity index is 1.66. The van der Waals surface area contributed by atoms with Crippen LogP contribution in [0.2, 0.25) is 5.02 Å². The number of carbonyl (C=O) groups is 2. The van der Waals surface area contributed by atoms with Gasteiger partial charge in [-0.05, 0) is 43.0 Å². The van der Waals surface area contributed by atoms with Gasteiger partial charge in [0.25, 0.3) is 0 Å². The van der Waals surface area contributed by atoms with Gasteiger partial charge in [0.05, 0.1) is 12.5 Å². The quantitative estimate of drug-likeness (QED) is 0.863. The molecule has 1 fully saturated rings. The number of fused-ring (bicyclic) bond motifs is 1. The van der Waals surface area contributed by atoms with Crippen LogP contribution in [0.3, 0.4) is 0 Å². The summed E-state index contributed by atoms with van der Waals surface area (Å²) in [6, 6.07) is 4.37. The second-order valence-corrected chi connectivity index (χ2v) is 6.70. The monoisotopic (exact) mass is 353 g/mol. The van der Waals surface area contributed by atoms with Crippen molar-refractivity contribution in [2.24, 2.45) is 11.8 Å². The lowest BCUT2D eigenvalue weighted by molar-refractivity contribution is -0.146. The molecule has 6 nitrogen and oxygen atoms in total. The second-order valence-electron chi connectivity index (χ2n) is 6.27. The summed E-state index contributed by atoms with van der Waals surface area (Å²) < 4.78 is 11.0. The molecule has 1 saturated heterocycles. The molecule has 0 aliphatic carbocycles. The van der Waals surface area contributed by atoms with E-state index in [4.69, 9.17) is 21.1 Å². The number of hydrogen-bond donors (Lipinski definition) is 2. The van der Waals surface area contributed by atoms with Gasteiger partial charge >= 0.3 is 5.97 Å². The zero-order valence-electron chi connectivity index (χ0n) is 13.2. The maximum atomic E-state index is 12.5. The number of carboxylic acids is 1. The number of aliphatic carboxylic acids is 1. The molecule has 0 spiro atoms. The van der Waals surface area contributed by atoms with Crippen LogP contribution in [0.25, 0.3) is 0 Å². The van der Waals surface area contributed by atoms with Crippen LogP contribution in [0.15, 0.2) is 18.2 Å². The van der Waals surface area contributed by atoms with Gasteiger partial charge in [-0.15, -0.1) is 0 Å². The third kappa shape index (κ3) is 3.82. The average Bonchev–Trinajstić information content (AvgIpc) is 2.59. The molecule has 7 heteroatoms. The Morgan fingerprint density at radius 2 is 2.17 bits per heavy atom. The fraction of sp³-hybridized carbons (Fsp3) is 0.529. The fourth-order valence-electron chi connectivity index (χ4n) is 3.21. The highest BCUT2D eigenvalue weighted by atomic mass is 35.5. The van der Waals surface area contributed by atoms with Gasteiger partial charge in [0.1, 0.15) is 18.4 Å².